The highest BCUT2D eigenvalue weighted by Crippen LogP contribution is 2.27. The summed E-state index contributed by atoms with van der Waals surface area (Å²) in [4.78, 5) is 76.9. The molecule has 2 aromatic carbocycles. The number of hydrogen-bond donors (Lipinski definition) is 3. The van der Waals surface area contributed by atoms with Crippen LogP contribution in [0.5, 0.6) is 0 Å². The summed E-state index contributed by atoms with van der Waals surface area (Å²) in [5.41, 5.74) is -1.80. The number of carboxylic acids is 1. The van der Waals surface area contributed by atoms with Crippen molar-refractivity contribution in [3.05, 3.63) is 97.3 Å². The minimum atomic E-state index is -1.13. The summed E-state index contributed by atoms with van der Waals surface area (Å²) in [5.74, 6) is -3.19. The molecule has 3 aromatic rings. The van der Waals surface area contributed by atoms with Gasteiger partial charge in [0.1, 0.15) is 5.69 Å². The number of rotatable bonds is 4. The highest BCUT2D eigenvalue weighted by Gasteiger charge is 2.38. The standard InChI is InChI=1S/C20H11N3O7/c24-15(9-1-3-10(4-2-9)19(28)29)11-5-6-12-13(7-11)18(27)23(17(12)26)14-8-21-20(30)22-16(14)25/h1-8H,(H,28,29)(H2,21,22,25,30). The number of aromatic carboxylic acids is 1. The van der Waals surface area contributed by atoms with Crippen molar-refractivity contribution in [1.29, 1.82) is 0 Å². The first-order chi connectivity index (χ1) is 14.3. The Bertz CT molecular complexity index is 1370. The van der Waals surface area contributed by atoms with Gasteiger partial charge in [-0.05, 0) is 24.3 Å². The molecule has 0 aliphatic carbocycles. The molecule has 2 heterocycles. The van der Waals surface area contributed by atoms with Crippen molar-refractivity contribution in [2.45, 2.75) is 0 Å². The van der Waals surface area contributed by atoms with Crippen LogP contribution in [-0.4, -0.2) is 38.6 Å². The minimum Gasteiger partial charge on any atom is -0.478 e. The monoisotopic (exact) mass is 405 g/mol. The van der Waals surface area contributed by atoms with E-state index in [2.05, 4.69) is 4.98 Å². The fourth-order valence-electron chi connectivity index (χ4n) is 3.10. The van der Waals surface area contributed by atoms with Crippen molar-refractivity contribution >= 4 is 29.3 Å². The molecule has 0 atom stereocenters. The van der Waals surface area contributed by atoms with Crippen LogP contribution in [0.2, 0.25) is 0 Å². The fraction of sp³-hybridized carbons (Fsp3) is 0. The number of nitrogens with one attached hydrogen (secondary N) is 2. The first-order valence-corrected chi connectivity index (χ1v) is 8.51. The number of aromatic amines is 2. The van der Waals surface area contributed by atoms with E-state index in [4.69, 9.17) is 5.11 Å². The lowest BCUT2D eigenvalue weighted by atomic mass is 9.98. The van der Waals surface area contributed by atoms with Crippen LogP contribution in [0.25, 0.3) is 0 Å². The summed E-state index contributed by atoms with van der Waals surface area (Å²) in [5, 5.41) is 8.94. The first kappa shape index (κ1) is 18.7. The Labute approximate surface area is 166 Å². The maximum Gasteiger partial charge on any atom is 0.335 e. The third kappa shape index (κ3) is 2.92. The Balaban J connectivity index is 1.71. The molecule has 148 valence electrons. The number of nitrogens with zero attached hydrogens (tertiary/aromatic N) is 1. The second kappa shape index (κ2) is 6.78. The number of carbonyl (C=O) groups is 4. The van der Waals surface area contributed by atoms with Gasteiger partial charge in [0, 0.05) is 17.3 Å². The molecule has 0 radical (unpaired) electrons. The van der Waals surface area contributed by atoms with E-state index < -0.39 is 34.8 Å². The van der Waals surface area contributed by atoms with E-state index in [1.165, 1.54) is 42.5 Å². The minimum absolute atomic E-state index is 0.00313. The topological polar surface area (TPSA) is 157 Å². The maximum absolute atomic E-state index is 12.8. The Morgan fingerprint density at radius 3 is 2.03 bits per heavy atom. The molecule has 30 heavy (non-hydrogen) atoms. The second-order valence-electron chi connectivity index (χ2n) is 6.37. The van der Waals surface area contributed by atoms with E-state index in [-0.39, 0.29) is 33.5 Å². The predicted molar refractivity (Wildman–Crippen MR) is 102 cm³/mol. The van der Waals surface area contributed by atoms with Crippen molar-refractivity contribution in [3.63, 3.8) is 0 Å². The lowest BCUT2D eigenvalue weighted by Gasteiger charge is -2.11. The number of fused-ring (bicyclic) bond motifs is 1. The molecular formula is C20H11N3O7. The van der Waals surface area contributed by atoms with Gasteiger partial charge >= 0.3 is 11.7 Å². The van der Waals surface area contributed by atoms with Gasteiger partial charge in [-0.25, -0.2) is 14.5 Å². The Kier molecular flexibility index (Phi) is 4.24. The number of aromatic nitrogens is 2. The lowest BCUT2D eigenvalue weighted by Crippen LogP contribution is -2.36. The number of benzene rings is 2. The molecule has 0 unspecified atom stereocenters. The van der Waals surface area contributed by atoms with Crippen molar-refractivity contribution < 1.29 is 24.3 Å². The molecule has 10 heteroatoms. The van der Waals surface area contributed by atoms with E-state index >= 15 is 0 Å². The van der Waals surface area contributed by atoms with E-state index in [0.29, 0.717) is 4.90 Å². The predicted octanol–water partition coefficient (Wildman–Crippen LogP) is 0.793. The van der Waals surface area contributed by atoms with E-state index in [9.17, 15) is 28.8 Å². The van der Waals surface area contributed by atoms with Gasteiger partial charge in [0.05, 0.1) is 16.7 Å². The summed E-state index contributed by atoms with van der Waals surface area (Å²) in [6, 6.07) is 9.15. The van der Waals surface area contributed by atoms with E-state index in [1.54, 1.807) is 0 Å². The molecule has 0 bridgehead atoms. The zero-order chi connectivity index (χ0) is 21.6. The van der Waals surface area contributed by atoms with Gasteiger partial charge in [-0.2, -0.15) is 0 Å². The van der Waals surface area contributed by atoms with Gasteiger partial charge < -0.3 is 10.1 Å². The molecule has 0 spiro atoms. The van der Waals surface area contributed by atoms with Crippen LogP contribution < -0.4 is 16.1 Å². The zero-order valence-corrected chi connectivity index (χ0v) is 15.0. The van der Waals surface area contributed by atoms with Crippen LogP contribution in [0.1, 0.15) is 47.0 Å². The van der Waals surface area contributed by atoms with Crippen molar-refractivity contribution in [2.24, 2.45) is 0 Å². The first-order valence-electron chi connectivity index (χ1n) is 8.51. The van der Waals surface area contributed by atoms with Crippen LogP contribution in [0.3, 0.4) is 0 Å². The molecule has 1 aliphatic heterocycles. The van der Waals surface area contributed by atoms with Gasteiger partial charge in [0.15, 0.2) is 5.78 Å². The van der Waals surface area contributed by atoms with E-state index in [0.717, 1.165) is 6.20 Å². The van der Waals surface area contributed by atoms with Crippen LogP contribution in [0.15, 0.2) is 58.3 Å². The number of carbonyl (C=O) groups excluding carboxylic acids is 3. The molecular weight excluding hydrogens is 394 g/mol. The fourth-order valence-corrected chi connectivity index (χ4v) is 3.10. The smallest absolute Gasteiger partial charge is 0.335 e. The highest BCUT2D eigenvalue weighted by atomic mass is 16.4. The number of amides is 2. The Morgan fingerprint density at radius 1 is 0.800 bits per heavy atom. The molecule has 3 N–H and O–H groups in total. The molecule has 1 aromatic heterocycles. The van der Waals surface area contributed by atoms with Crippen molar-refractivity contribution in [3.8, 4) is 0 Å². The third-order valence-corrected chi connectivity index (χ3v) is 4.58. The van der Waals surface area contributed by atoms with E-state index in [1.807, 2.05) is 4.98 Å². The molecule has 0 saturated carbocycles. The van der Waals surface area contributed by atoms with Crippen LogP contribution in [0.4, 0.5) is 5.69 Å². The van der Waals surface area contributed by atoms with Gasteiger partial charge in [-0.3, -0.25) is 24.2 Å². The number of imide groups is 1. The molecule has 4 rings (SSSR count). The zero-order valence-electron chi connectivity index (χ0n) is 15.0. The summed E-state index contributed by atoms with van der Waals surface area (Å²) >= 11 is 0. The normalized spacial score (nSPS) is 12.7. The lowest BCUT2D eigenvalue weighted by molar-refractivity contribution is 0.0695. The quantitative estimate of drug-likeness (QED) is 0.428. The summed E-state index contributed by atoms with van der Waals surface area (Å²) in [6.45, 7) is 0. The van der Waals surface area contributed by atoms with Gasteiger partial charge in [0.2, 0.25) is 0 Å². The van der Waals surface area contributed by atoms with Crippen molar-refractivity contribution in [1.82, 2.24) is 9.97 Å². The molecule has 1 aliphatic rings. The Hall–Kier alpha value is -4.60. The molecule has 0 saturated heterocycles. The maximum atomic E-state index is 12.8. The van der Waals surface area contributed by atoms with Gasteiger partial charge in [0.25, 0.3) is 17.4 Å². The van der Waals surface area contributed by atoms with Crippen LogP contribution >= 0.6 is 0 Å². The largest absolute Gasteiger partial charge is 0.478 e. The van der Waals surface area contributed by atoms with Crippen LogP contribution in [-0.2, 0) is 0 Å². The van der Waals surface area contributed by atoms with Crippen LogP contribution in [0, 0.1) is 0 Å². The average Bonchev–Trinajstić information content (AvgIpc) is 2.98. The van der Waals surface area contributed by atoms with Gasteiger partial charge in [-0.15, -0.1) is 0 Å². The molecule has 2 amide bonds. The average molecular weight is 405 g/mol. The van der Waals surface area contributed by atoms with Gasteiger partial charge in [-0.1, -0.05) is 18.2 Å². The Morgan fingerprint density at radius 2 is 1.40 bits per heavy atom. The number of H-pyrrole nitrogens is 2. The number of ketones is 1. The summed E-state index contributed by atoms with van der Waals surface area (Å²) in [6.07, 6.45) is 0.957. The third-order valence-electron chi connectivity index (χ3n) is 4.58. The molecule has 10 nitrogen and oxygen atoms in total. The number of carboxylic acid groups (broad SMARTS) is 1. The summed E-state index contributed by atoms with van der Waals surface area (Å²) < 4.78 is 0. The number of anilines is 1. The highest BCUT2D eigenvalue weighted by molar-refractivity contribution is 6.34. The second-order valence-corrected chi connectivity index (χ2v) is 6.37. The SMILES string of the molecule is O=C(O)c1ccc(C(=O)c2ccc3c(c2)C(=O)N(c2c[nH]c(=O)[nH]c2=O)C3=O)cc1. The van der Waals surface area contributed by atoms with Crippen molar-refractivity contribution in [2.75, 3.05) is 4.90 Å². The summed E-state index contributed by atoms with van der Waals surface area (Å²) in [7, 11) is 0. The number of hydrogen-bond acceptors (Lipinski definition) is 6. The molecule has 0 fully saturated rings.